The average Bonchev–Trinajstić information content (AvgIpc) is 3.22. The monoisotopic (exact) mass is 478 g/mol. The van der Waals surface area contributed by atoms with Gasteiger partial charge in [-0.25, -0.2) is 12.8 Å². The molecule has 1 fully saturated rings. The molecule has 1 aliphatic rings. The highest BCUT2D eigenvalue weighted by Gasteiger charge is 2.31. The van der Waals surface area contributed by atoms with E-state index in [1.165, 1.54) is 24.1 Å². The number of hydrogen-bond acceptors (Lipinski definition) is 3. The van der Waals surface area contributed by atoms with Gasteiger partial charge in [0, 0.05) is 42.8 Å². The summed E-state index contributed by atoms with van der Waals surface area (Å²) in [4.78, 5) is 0.261. The Morgan fingerprint density at radius 3 is 2.50 bits per heavy atom. The SMILES string of the molecule is COc1cccc(S(=O)(=O)N2CCC(c3cn(Cc4cccc(F)c4)c4ccccc34)CC2)c1. The number of sulfonamides is 1. The fourth-order valence-corrected chi connectivity index (χ4v) is 6.39. The van der Waals surface area contributed by atoms with Crippen molar-refractivity contribution in [1.29, 1.82) is 0 Å². The number of methoxy groups -OCH3 is 1. The maximum absolute atomic E-state index is 13.7. The van der Waals surface area contributed by atoms with Crippen molar-refractivity contribution in [2.24, 2.45) is 0 Å². The second-order valence-corrected chi connectivity index (χ2v) is 10.7. The molecule has 0 bridgehead atoms. The second kappa shape index (κ2) is 9.24. The van der Waals surface area contributed by atoms with Crippen molar-refractivity contribution in [3.8, 4) is 5.75 Å². The van der Waals surface area contributed by atoms with E-state index in [4.69, 9.17) is 4.74 Å². The molecule has 3 aromatic carbocycles. The van der Waals surface area contributed by atoms with E-state index in [0.717, 1.165) is 23.9 Å². The fraction of sp³-hybridized carbons (Fsp3) is 0.259. The summed E-state index contributed by atoms with van der Waals surface area (Å²) in [5.41, 5.74) is 3.24. The highest BCUT2D eigenvalue weighted by molar-refractivity contribution is 7.89. The molecular weight excluding hydrogens is 451 g/mol. The lowest BCUT2D eigenvalue weighted by Crippen LogP contribution is -2.37. The Hall–Kier alpha value is -3.16. The number of para-hydroxylation sites is 1. The van der Waals surface area contributed by atoms with Gasteiger partial charge in [0.25, 0.3) is 0 Å². The molecule has 4 aromatic rings. The first kappa shape index (κ1) is 22.6. The van der Waals surface area contributed by atoms with Crippen LogP contribution in [0, 0.1) is 5.82 Å². The first-order valence-electron chi connectivity index (χ1n) is 11.4. The van der Waals surface area contributed by atoms with Crippen molar-refractivity contribution in [2.75, 3.05) is 20.2 Å². The molecule has 176 valence electrons. The van der Waals surface area contributed by atoms with Crippen LogP contribution >= 0.6 is 0 Å². The number of benzene rings is 3. The number of piperidine rings is 1. The first-order chi connectivity index (χ1) is 16.5. The number of aromatic nitrogens is 1. The van der Waals surface area contributed by atoms with Crippen LogP contribution in [0.25, 0.3) is 10.9 Å². The Morgan fingerprint density at radius 2 is 1.74 bits per heavy atom. The highest BCUT2D eigenvalue weighted by Crippen LogP contribution is 2.36. The lowest BCUT2D eigenvalue weighted by molar-refractivity contribution is 0.320. The minimum Gasteiger partial charge on any atom is -0.497 e. The van der Waals surface area contributed by atoms with Crippen LogP contribution in [-0.2, 0) is 16.6 Å². The molecule has 5 nitrogen and oxygen atoms in total. The lowest BCUT2D eigenvalue weighted by atomic mass is 9.90. The molecule has 0 amide bonds. The zero-order chi connectivity index (χ0) is 23.7. The smallest absolute Gasteiger partial charge is 0.243 e. The van der Waals surface area contributed by atoms with E-state index in [1.807, 2.05) is 18.2 Å². The van der Waals surface area contributed by atoms with Crippen LogP contribution < -0.4 is 4.74 Å². The minimum atomic E-state index is -3.57. The Balaban J connectivity index is 1.38. The molecule has 0 radical (unpaired) electrons. The summed E-state index contributed by atoms with van der Waals surface area (Å²) in [6.07, 6.45) is 3.65. The second-order valence-electron chi connectivity index (χ2n) is 8.72. The van der Waals surface area contributed by atoms with Crippen molar-refractivity contribution in [2.45, 2.75) is 30.2 Å². The Morgan fingerprint density at radius 1 is 0.971 bits per heavy atom. The standard InChI is InChI=1S/C27H27FN2O3S/c1-33-23-8-5-9-24(17-23)34(31,32)30-14-12-21(13-15-30)26-19-29(27-11-3-2-10-25(26)27)18-20-6-4-7-22(28)16-20/h2-11,16-17,19,21H,12-15,18H2,1H3. The zero-order valence-corrected chi connectivity index (χ0v) is 19.8. The molecule has 1 aromatic heterocycles. The number of nitrogens with zero attached hydrogens (tertiary/aromatic N) is 2. The Bertz CT molecular complexity index is 1420. The molecule has 2 heterocycles. The molecular formula is C27H27FN2O3S. The fourth-order valence-electron chi connectivity index (χ4n) is 4.88. The molecule has 1 aliphatic heterocycles. The molecule has 0 spiro atoms. The van der Waals surface area contributed by atoms with E-state index in [0.29, 0.717) is 25.4 Å². The van der Waals surface area contributed by atoms with Gasteiger partial charge in [-0.05, 0) is 60.2 Å². The van der Waals surface area contributed by atoms with Gasteiger partial charge in [0.15, 0.2) is 0 Å². The van der Waals surface area contributed by atoms with Gasteiger partial charge in [0.05, 0.1) is 12.0 Å². The molecule has 5 rings (SSSR count). The van der Waals surface area contributed by atoms with Crippen LogP contribution in [0.1, 0.15) is 29.9 Å². The first-order valence-corrected chi connectivity index (χ1v) is 12.9. The molecule has 7 heteroatoms. The molecule has 0 N–H and O–H groups in total. The Labute approximate surface area is 199 Å². The third-order valence-electron chi connectivity index (χ3n) is 6.63. The third-order valence-corrected chi connectivity index (χ3v) is 8.53. The number of hydrogen-bond donors (Lipinski definition) is 0. The summed E-state index contributed by atoms with van der Waals surface area (Å²) in [5.74, 6) is 0.552. The molecule has 0 unspecified atom stereocenters. The molecule has 1 saturated heterocycles. The number of halogens is 1. The van der Waals surface area contributed by atoms with Crippen molar-refractivity contribution < 1.29 is 17.5 Å². The zero-order valence-electron chi connectivity index (χ0n) is 19.0. The van der Waals surface area contributed by atoms with Crippen molar-refractivity contribution in [1.82, 2.24) is 8.87 Å². The van der Waals surface area contributed by atoms with Crippen molar-refractivity contribution in [3.63, 3.8) is 0 Å². The predicted octanol–water partition coefficient (Wildman–Crippen LogP) is 5.41. The summed E-state index contributed by atoms with van der Waals surface area (Å²) in [5, 5.41) is 1.17. The van der Waals surface area contributed by atoms with Crippen LogP contribution in [0.2, 0.25) is 0 Å². The normalized spacial score (nSPS) is 15.6. The largest absolute Gasteiger partial charge is 0.497 e. The van der Waals surface area contributed by atoms with Crippen molar-refractivity contribution >= 4 is 20.9 Å². The van der Waals surface area contributed by atoms with Crippen LogP contribution in [0.4, 0.5) is 4.39 Å². The molecule has 0 saturated carbocycles. The van der Waals surface area contributed by atoms with E-state index < -0.39 is 10.0 Å². The van der Waals surface area contributed by atoms with Gasteiger partial charge in [-0.1, -0.05) is 36.4 Å². The van der Waals surface area contributed by atoms with Gasteiger partial charge in [-0.2, -0.15) is 4.31 Å². The highest BCUT2D eigenvalue weighted by atomic mass is 32.2. The summed E-state index contributed by atoms with van der Waals surface area (Å²) in [7, 11) is -2.04. The molecule has 34 heavy (non-hydrogen) atoms. The van der Waals surface area contributed by atoms with Crippen LogP contribution in [0.3, 0.4) is 0 Å². The summed E-state index contributed by atoms with van der Waals surface area (Å²) >= 11 is 0. The van der Waals surface area contributed by atoms with Crippen LogP contribution in [-0.4, -0.2) is 37.5 Å². The summed E-state index contributed by atoms with van der Waals surface area (Å²) in [6.45, 7) is 1.52. The maximum atomic E-state index is 13.7. The van der Waals surface area contributed by atoms with Crippen molar-refractivity contribution in [3.05, 3.63) is 95.9 Å². The van der Waals surface area contributed by atoms with Crippen LogP contribution in [0.15, 0.2) is 83.9 Å². The predicted molar refractivity (Wildman–Crippen MR) is 131 cm³/mol. The Kier molecular flexibility index (Phi) is 6.15. The number of fused-ring (bicyclic) bond motifs is 1. The van der Waals surface area contributed by atoms with Gasteiger partial charge in [0.1, 0.15) is 11.6 Å². The maximum Gasteiger partial charge on any atom is 0.243 e. The van der Waals surface area contributed by atoms with E-state index >= 15 is 0 Å². The topological polar surface area (TPSA) is 51.5 Å². The van der Waals surface area contributed by atoms with E-state index in [-0.39, 0.29) is 16.6 Å². The summed E-state index contributed by atoms with van der Waals surface area (Å²) in [6, 6.07) is 21.6. The van der Waals surface area contributed by atoms with Crippen LogP contribution in [0.5, 0.6) is 5.75 Å². The van der Waals surface area contributed by atoms with Gasteiger partial charge in [-0.3, -0.25) is 0 Å². The summed E-state index contributed by atoms with van der Waals surface area (Å²) < 4.78 is 49.0. The van der Waals surface area contributed by atoms with E-state index in [9.17, 15) is 12.8 Å². The van der Waals surface area contributed by atoms with E-state index in [2.05, 4.69) is 22.9 Å². The third kappa shape index (κ3) is 4.33. The number of rotatable bonds is 6. The van der Waals surface area contributed by atoms with Gasteiger partial charge < -0.3 is 9.30 Å². The minimum absolute atomic E-state index is 0.237. The molecule has 0 atom stereocenters. The number of ether oxygens (including phenoxy) is 1. The van der Waals surface area contributed by atoms with Gasteiger partial charge >= 0.3 is 0 Å². The van der Waals surface area contributed by atoms with E-state index in [1.54, 1.807) is 40.7 Å². The lowest BCUT2D eigenvalue weighted by Gasteiger charge is -2.31. The average molecular weight is 479 g/mol. The van der Waals surface area contributed by atoms with Gasteiger partial charge in [0.2, 0.25) is 10.0 Å². The molecule has 0 aliphatic carbocycles. The van der Waals surface area contributed by atoms with Gasteiger partial charge in [-0.15, -0.1) is 0 Å². The quantitative estimate of drug-likeness (QED) is 0.373.